The number of nitrogens with zero attached hydrogens (tertiary/aromatic N) is 1. The summed E-state index contributed by atoms with van der Waals surface area (Å²) in [5, 5.41) is 2.91. The molecule has 0 saturated heterocycles. The predicted molar refractivity (Wildman–Crippen MR) is 95.6 cm³/mol. The maximum atomic E-state index is 12.4. The lowest BCUT2D eigenvalue weighted by Gasteiger charge is -2.05. The summed E-state index contributed by atoms with van der Waals surface area (Å²) in [7, 11) is -3.33. The molecule has 7 nitrogen and oxygen atoms in total. The smallest absolute Gasteiger partial charge is 0.258 e. The van der Waals surface area contributed by atoms with Gasteiger partial charge in [-0.3, -0.25) is 14.9 Å². The van der Waals surface area contributed by atoms with Gasteiger partial charge in [0.05, 0.1) is 26.2 Å². The van der Waals surface area contributed by atoms with Crippen LogP contribution < -0.4 is 11.1 Å². The molecule has 128 valence electrons. The molecule has 0 aliphatic heterocycles. The van der Waals surface area contributed by atoms with E-state index in [1.165, 1.54) is 24.3 Å². The molecule has 25 heavy (non-hydrogen) atoms. The van der Waals surface area contributed by atoms with E-state index in [0.29, 0.717) is 15.3 Å². The first-order valence-electron chi connectivity index (χ1n) is 7.06. The lowest BCUT2D eigenvalue weighted by atomic mass is 10.1. The molecule has 1 aromatic heterocycles. The van der Waals surface area contributed by atoms with Crippen molar-refractivity contribution in [1.29, 1.82) is 0 Å². The van der Waals surface area contributed by atoms with Crippen molar-refractivity contribution >= 4 is 48.3 Å². The molecular weight excluding hydrogens is 362 g/mol. The highest BCUT2D eigenvalue weighted by atomic mass is 32.2. The highest BCUT2D eigenvalue weighted by molar-refractivity contribution is 7.90. The monoisotopic (exact) mass is 375 g/mol. The van der Waals surface area contributed by atoms with Crippen LogP contribution >= 0.6 is 11.3 Å². The summed E-state index contributed by atoms with van der Waals surface area (Å²) in [6.45, 7) is 0. The number of hydrogen-bond donors (Lipinski definition) is 2. The molecule has 0 radical (unpaired) electrons. The topological polar surface area (TPSA) is 119 Å². The van der Waals surface area contributed by atoms with Gasteiger partial charge in [-0.15, -0.1) is 0 Å². The van der Waals surface area contributed by atoms with Crippen molar-refractivity contribution in [3.8, 4) is 0 Å². The number of benzene rings is 2. The average Bonchev–Trinajstić information content (AvgIpc) is 2.95. The molecule has 0 aliphatic carbocycles. The summed E-state index contributed by atoms with van der Waals surface area (Å²) in [5.74, 6) is -1.22. The number of anilines is 1. The number of aromatic nitrogens is 1. The zero-order valence-electron chi connectivity index (χ0n) is 13.0. The van der Waals surface area contributed by atoms with E-state index >= 15 is 0 Å². The van der Waals surface area contributed by atoms with Crippen molar-refractivity contribution in [2.75, 3.05) is 11.6 Å². The van der Waals surface area contributed by atoms with Gasteiger partial charge >= 0.3 is 0 Å². The predicted octanol–water partition coefficient (Wildman–Crippen LogP) is 2.05. The number of carbonyl (C=O) groups is 2. The van der Waals surface area contributed by atoms with Crippen molar-refractivity contribution in [2.24, 2.45) is 5.73 Å². The van der Waals surface area contributed by atoms with Crippen molar-refractivity contribution < 1.29 is 18.0 Å². The fraction of sp³-hybridized carbons (Fsp3) is 0.0625. The largest absolute Gasteiger partial charge is 0.366 e. The first-order valence-corrected chi connectivity index (χ1v) is 9.77. The number of hydrogen-bond acceptors (Lipinski definition) is 6. The third kappa shape index (κ3) is 3.52. The molecule has 0 aliphatic rings. The second-order valence-electron chi connectivity index (χ2n) is 5.28. The van der Waals surface area contributed by atoms with E-state index in [4.69, 9.17) is 5.73 Å². The maximum absolute atomic E-state index is 12.4. The highest BCUT2D eigenvalue weighted by Crippen LogP contribution is 2.28. The first kappa shape index (κ1) is 17.1. The van der Waals surface area contributed by atoms with Crippen LogP contribution in [0.5, 0.6) is 0 Å². The van der Waals surface area contributed by atoms with Crippen LogP contribution in [0.3, 0.4) is 0 Å². The number of carbonyl (C=O) groups excluding carboxylic acids is 2. The van der Waals surface area contributed by atoms with Gasteiger partial charge in [0, 0.05) is 6.26 Å². The highest BCUT2D eigenvalue weighted by Gasteiger charge is 2.17. The first-order chi connectivity index (χ1) is 11.8. The fourth-order valence-electron chi connectivity index (χ4n) is 2.25. The summed E-state index contributed by atoms with van der Waals surface area (Å²) in [6.07, 6.45) is 1.12. The number of sulfone groups is 1. The van der Waals surface area contributed by atoms with Crippen LogP contribution in [0.25, 0.3) is 10.2 Å². The Labute approximate surface area is 147 Å². The minimum atomic E-state index is -3.33. The van der Waals surface area contributed by atoms with E-state index in [1.54, 1.807) is 18.2 Å². The number of amides is 2. The van der Waals surface area contributed by atoms with Crippen molar-refractivity contribution in [2.45, 2.75) is 4.90 Å². The van der Waals surface area contributed by atoms with Crippen LogP contribution in [0.4, 0.5) is 5.13 Å². The van der Waals surface area contributed by atoms with Crippen LogP contribution in [0, 0.1) is 0 Å². The molecule has 0 unspecified atom stereocenters. The molecule has 3 aromatic rings. The number of nitrogens with two attached hydrogens (primary N) is 1. The number of primary amides is 1. The Morgan fingerprint density at radius 2 is 1.80 bits per heavy atom. The molecule has 2 aromatic carbocycles. The third-order valence-corrected chi connectivity index (χ3v) is 5.49. The van der Waals surface area contributed by atoms with E-state index in [0.717, 1.165) is 17.6 Å². The second kappa shape index (κ2) is 6.26. The molecule has 0 spiro atoms. The van der Waals surface area contributed by atoms with Crippen molar-refractivity contribution in [3.63, 3.8) is 0 Å². The molecule has 2 amide bonds. The van der Waals surface area contributed by atoms with Crippen molar-refractivity contribution in [3.05, 3.63) is 53.6 Å². The van der Waals surface area contributed by atoms with E-state index < -0.39 is 21.7 Å². The summed E-state index contributed by atoms with van der Waals surface area (Å²) in [4.78, 5) is 28.3. The molecule has 0 bridgehead atoms. The van der Waals surface area contributed by atoms with Crippen LogP contribution in [0.1, 0.15) is 20.7 Å². The number of thiazole rings is 1. The van der Waals surface area contributed by atoms with E-state index in [-0.39, 0.29) is 16.0 Å². The molecule has 0 fully saturated rings. The van der Waals surface area contributed by atoms with Gasteiger partial charge in [0.1, 0.15) is 0 Å². The average molecular weight is 375 g/mol. The quantitative estimate of drug-likeness (QED) is 0.723. The normalized spacial score (nSPS) is 11.4. The molecule has 1 heterocycles. The maximum Gasteiger partial charge on any atom is 0.258 e. The standard InChI is InChI=1S/C16H13N3O4S2/c1-25(22,23)9-6-7-12-13(8-9)24-16(18-12)19-15(21)11-5-3-2-4-10(11)14(17)20/h2-8H,1H3,(H2,17,20)(H,18,19,21). The second-order valence-corrected chi connectivity index (χ2v) is 8.33. The van der Waals surface area contributed by atoms with E-state index in [1.807, 2.05) is 0 Å². The summed E-state index contributed by atoms with van der Waals surface area (Å²) >= 11 is 1.14. The zero-order valence-corrected chi connectivity index (χ0v) is 14.6. The van der Waals surface area contributed by atoms with Crippen LogP contribution in [-0.2, 0) is 9.84 Å². The molecule has 0 atom stereocenters. The Balaban J connectivity index is 1.93. The van der Waals surface area contributed by atoms with E-state index in [2.05, 4.69) is 10.3 Å². The number of rotatable bonds is 4. The lowest BCUT2D eigenvalue weighted by molar-refractivity contribution is 0.0977. The molecular formula is C16H13N3O4S2. The van der Waals surface area contributed by atoms with Gasteiger partial charge < -0.3 is 5.73 Å². The molecule has 3 N–H and O–H groups in total. The van der Waals surface area contributed by atoms with Gasteiger partial charge in [0.15, 0.2) is 15.0 Å². The minimum absolute atomic E-state index is 0.112. The lowest BCUT2D eigenvalue weighted by Crippen LogP contribution is -2.20. The SMILES string of the molecule is CS(=O)(=O)c1ccc2nc(NC(=O)c3ccccc3C(N)=O)sc2c1. The summed E-state index contributed by atoms with van der Waals surface area (Å²) in [5.41, 5.74) is 6.10. The Bertz CT molecular complexity index is 1100. The van der Waals surface area contributed by atoms with Gasteiger partial charge in [-0.2, -0.15) is 0 Å². The van der Waals surface area contributed by atoms with Crippen LogP contribution in [0.15, 0.2) is 47.4 Å². The molecule has 0 saturated carbocycles. The van der Waals surface area contributed by atoms with Crippen molar-refractivity contribution in [1.82, 2.24) is 4.98 Å². The number of nitrogens with one attached hydrogen (secondary N) is 1. The third-order valence-electron chi connectivity index (χ3n) is 3.45. The van der Waals surface area contributed by atoms with Gasteiger partial charge in [0.2, 0.25) is 5.91 Å². The Morgan fingerprint density at radius 1 is 1.12 bits per heavy atom. The van der Waals surface area contributed by atoms with Gasteiger partial charge in [-0.1, -0.05) is 23.5 Å². The Hall–Kier alpha value is -2.78. The van der Waals surface area contributed by atoms with Gasteiger partial charge in [-0.05, 0) is 30.3 Å². The van der Waals surface area contributed by atoms with E-state index in [9.17, 15) is 18.0 Å². The summed E-state index contributed by atoms with van der Waals surface area (Å²) < 4.78 is 23.9. The molecule has 3 rings (SSSR count). The van der Waals surface area contributed by atoms with Gasteiger partial charge in [0.25, 0.3) is 5.91 Å². The minimum Gasteiger partial charge on any atom is -0.366 e. The molecule has 9 heteroatoms. The Morgan fingerprint density at radius 3 is 2.44 bits per heavy atom. The zero-order chi connectivity index (χ0) is 18.2. The van der Waals surface area contributed by atoms with Crippen LogP contribution in [-0.4, -0.2) is 31.5 Å². The Kier molecular flexibility index (Phi) is 4.27. The van der Waals surface area contributed by atoms with Gasteiger partial charge in [-0.25, -0.2) is 13.4 Å². The van der Waals surface area contributed by atoms with Crippen LogP contribution in [0.2, 0.25) is 0 Å². The summed E-state index contributed by atoms with van der Waals surface area (Å²) in [6, 6.07) is 10.7. The fourth-order valence-corrected chi connectivity index (χ4v) is 3.87. The number of fused-ring (bicyclic) bond motifs is 1.